The van der Waals surface area contributed by atoms with E-state index in [0.29, 0.717) is 27.8 Å². The van der Waals surface area contributed by atoms with Crippen LogP contribution in [0.4, 0.5) is 10.8 Å². The number of thiazole rings is 1. The van der Waals surface area contributed by atoms with Gasteiger partial charge in [-0.05, 0) is 49.7 Å². The summed E-state index contributed by atoms with van der Waals surface area (Å²) in [6, 6.07) is 22.4. The van der Waals surface area contributed by atoms with Gasteiger partial charge in [-0.2, -0.15) is 0 Å². The van der Waals surface area contributed by atoms with Crippen molar-refractivity contribution in [2.45, 2.75) is 30.4 Å². The van der Waals surface area contributed by atoms with Gasteiger partial charge in [0, 0.05) is 32.1 Å². The summed E-state index contributed by atoms with van der Waals surface area (Å²) in [5, 5.41) is 8.57. The Hall–Kier alpha value is -3.13. The normalized spacial score (nSPS) is 11.6. The molecular formula is C27H24ClN3O2S2. The zero-order valence-electron chi connectivity index (χ0n) is 19.2. The molecule has 35 heavy (non-hydrogen) atoms. The third-order valence-electron chi connectivity index (χ3n) is 5.23. The minimum Gasteiger partial charge on any atom is -0.322 e. The van der Waals surface area contributed by atoms with Crippen LogP contribution in [0.1, 0.15) is 29.3 Å². The molecule has 0 spiro atoms. The molecule has 1 atom stereocenters. The fraction of sp³-hybridized carbons (Fsp3) is 0.148. The maximum atomic E-state index is 13.0. The average molecular weight is 522 g/mol. The minimum absolute atomic E-state index is 0.119. The van der Waals surface area contributed by atoms with Gasteiger partial charge in [0.1, 0.15) is 0 Å². The molecule has 3 aromatic carbocycles. The molecule has 0 aliphatic heterocycles. The summed E-state index contributed by atoms with van der Waals surface area (Å²) in [7, 11) is 0. The molecule has 1 aromatic heterocycles. The van der Waals surface area contributed by atoms with Gasteiger partial charge in [0.15, 0.2) is 5.13 Å². The maximum Gasteiger partial charge on any atom is 0.255 e. The Labute approximate surface area is 218 Å². The number of hydrogen-bond acceptors (Lipinski definition) is 5. The number of carbonyl (C=O) groups excluding carboxylic acids is 2. The van der Waals surface area contributed by atoms with E-state index >= 15 is 0 Å². The van der Waals surface area contributed by atoms with Crippen molar-refractivity contribution in [1.29, 1.82) is 0 Å². The number of amides is 2. The van der Waals surface area contributed by atoms with Gasteiger partial charge in [0.05, 0.1) is 10.9 Å². The molecule has 5 nitrogen and oxygen atoms in total. The van der Waals surface area contributed by atoms with E-state index in [2.05, 4.69) is 15.6 Å². The Morgan fingerprint density at radius 2 is 1.80 bits per heavy atom. The SMILES string of the molecule is CCC(Sc1cccc(NC(=O)c2ccc(C)cc2)c1)C(=O)Nc1nc(-c2ccccc2Cl)cs1. The number of aromatic nitrogens is 1. The molecule has 0 radical (unpaired) electrons. The average Bonchev–Trinajstić information content (AvgIpc) is 3.31. The van der Waals surface area contributed by atoms with Crippen molar-refractivity contribution in [3.8, 4) is 11.3 Å². The van der Waals surface area contributed by atoms with Crippen molar-refractivity contribution in [1.82, 2.24) is 4.98 Å². The van der Waals surface area contributed by atoms with E-state index in [1.54, 1.807) is 12.1 Å². The number of anilines is 2. The summed E-state index contributed by atoms with van der Waals surface area (Å²) >= 11 is 9.09. The fourth-order valence-electron chi connectivity index (χ4n) is 3.35. The number of rotatable bonds is 8. The highest BCUT2D eigenvalue weighted by Gasteiger charge is 2.20. The van der Waals surface area contributed by atoms with Gasteiger partial charge >= 0.3 is 0 Å². The van der Waals surface area contributed by atoms with Crippen LogP contribution >= 0.6 is 34.7 Å². The quantitative estimate of drug-likeness (QED) is 0.235. The lowest BCUT2D eigenvalue weighted by molar-refractivity contribution is -0.115. The summed E-state index contributed by atoms with van der Waals surface area (Å²) in [5.74, 6) is -0.290. The molecule has 4 aromatic rings. The van der Waals surface area contributed by atoms with E-state index in [0.717, 1.165) is 21.7 Å². The molecule has 0 saturated carbocycles. The number of nitrogens with one attached hydrogen (secondary N) is 2. The number of halogens is 1. The molecule has 178 valence electrons. The number of aryl methyl sites for hydroxylation is 1. The Morgan fingerprint density at radius 1 is 1.03 bits per heavy atom. The lowest BCUT2D eigenvalue weighted by Crippen LogP contribution is -2.24. The molecule has 2 amide bonds. The van der Waals surface area contributed by atoms with Crippen molar-refractivity contribution in [3.05, 3.63) is 94.3 Å². The standard InChI is InChI=1S/C27H24ClN3O2S2/c1-3-24(26(33)31-27-30-23(16-34-27)21-9-4-5-10-22(21)28)35-20-8-6-7-19(15-20)29-25(32)18-13-11-17(2)12-14-18/h4-16,24H,3H2,1-2H3,(H,29,32)(H,30,31,33). The van der Waals surface area contributed by atoms with Crippen LogP contribution in [0.2, 0.25) is 5.02 Å². The highest BCUT2D eigenvalue weighted by molar-refractivity contribution is 8.00. The number of benzene rings is 3. The highest BCUT2D eigenvalue weighted by atomic mass is 35.5. The summed E-state index contributed by atoms with van der Waals surface area (Å²) in [4.78, 5) is 31.0. The smallest absolute Gasteiger partial charge is 0.255 e. The second kappa shape index (κ2) is 11.5. The van der Waals surface area contributed by atoms with Gasteiger partial charge in [-0.3, -0.25) is 9.59 Å². The largest absolute Gasteiger partial charge is 0.322 e. The molecule has 2 N–H and O–H groups in total. The van der Waals surface area contributed by atoms with E-state index < -0.39 is 0 Å². The molecule has 1 heterocycles. The number of hydrogen-bond donors (Lipinski definition) is 2. The lowest BCUT2D eigenvalue weighted by Gasteiger charge is -2.14. The summed E-state index contributed by atoms with van der Waals surface area (Å²) in [6.45, 7) is 3.95. The van der Waals surface area contributed by atoms with Gasteiger partial charge in [-0.15, -0.1) is 23.1 Å². The topological polar surface area (TPSA) is 71.1 Å². The van der Waals surface area contributed by atoms with Gasteiger partial charge in [-0.1, -0.05) is 60.5 Å². The van der Waals surface area contributed by atoms with Gasteiger partial charge < -0.3 is 10.6 Å². The summed E-state index contributed by atoms with van der Waals surface area (Å²) in [6.07, 6.45) is 0.638. The van der Waals surface area contributed by atoms with Crippen molar-refractivity contribution in [2.75, 3.05) is 10.6 Å². The zero-order chi connectivity index (χ0) is 24.8. The highest BCUT2D eigenvalue weighted by Crippen LogP contribution is 2.32. The molecule has 4 rings (SSSR count). The first-order valence-electron chi connectivity index (χ1n) is 11.1. The van der Waals surface area contributed by atoms with E-state index in [9.17, 15) is 9.59 Å². The molecule has 0 aliphatic rings. The van der Waals surface area contributed by atoms with Crippen LogP contribution in [0.15, 0.2) is 83.1 Å². The predicted molar refractivity (Wildman–Crippen MR) is 147 cm³/mol. The van der Waals surface area contributed by atoms with Crippen molar-refractivity contribution >= 4 is 57.3 Å². The van der Waals surface area contributed by atoms with Crippen LogP contribution in [0, 0.1) is 6.92 Å². The summed E-state index contributed by atoms with van der Waals surface area (Å²) < 4.78 is 0. The fourth-order valence-corrected chi connectivity index (χ4v) is 5.31. The van der Waals surface area contributed by atoms with E-state index in [1.807, 2.05) is 79.9 Å². The van der Waals surface area contributed by atoms with Crippen LogP contribution in [-0.4, -0.2) is 22.0 Å². The number of carbonyl (C=O) groups is 2. The first-order valence-corrected chi connectivity index (χ1v) is 13.2. The maximum absolute atomic E-state index is 13.0. The van der Waals surface area contributed by atoms with E-state index in [-0.39, 0.29) is 17.1 Å². The zero-order valence-corrected chi connectivity index (χ0v) is 21.6. The monoisotopic (exact) mass is 521 g/mol. The third-order valence-corrected chi connectivity index (χ3v) is 7.68. The van der Waals surface area contributed by atoms with E-state index in [1.165, 1.54) is 23.1 Å². The van der Waals surface area contributed by atoms with Crippen LogP contribution < -0.4 is 10.6 Å². The first kappa shape index (κ1) is 25.0. The molecule has 0 aliphatic carbocycles. The summed E-state index contributed by atoms with van der Waals surface area (Å²) in [5.41, 5.74) is 3.94. The number of nitrogens with zero attached hydrogens (tertiary/aromatic N) is 1. The van der Waals surface area contributed by atoms with Crippen molar-refractivity contribution in [2.24, 2.45) is 0 Å². The Balaban J connectivity index is 1.40. The lowest BCUT2D eigenvalue weighted by atomic mass is 10.1. The van der Waals surface area contributed by atoms with Gasteiger partial charge in [-0.25, -0.2) is 4.98 Å². The molecule has 0 fully saturated rings. The molecular weight excluding hydrogens is 498 g/mol. The van der Waals surface area contributed by atoms with Gasteiger partial charge in [0.2, 0.25) is 5.91 Å². The predicted octanol–water partition coefficient (Wildman–Crippen LogP) is 7.53. The Kier molecular flexibility index (Phi) is 8.23. The minimum atomic E-state index is -0.314. The van der Waals surface area contributed by atoms with Crippen molar-refractivity contribution in [3.63, 3.8) is 0 Å². The van der Waals surface area contributed by atoms with Crippen molar-refractivity contribution < 1.29 is 9.59 Å². The number of thioether (sulfide) groups is 1. The molecule has 0 saturated heterocycles. The third kappa shape index (κ3) is 6.51. The van der Waals surface area contributed by atoms with Crippen LogP contribution in [-0.2, 0) is 4.79 Å². The molecule has 8 heteroatoms. The second-order valence-electron chi connectivity index (χ2n) is 7.87. The van der Waals surface area contributed by atoms with E-state index in [4.69, 9.17) is 11.6 Å². The molecule has 0 bridgehead atoms. The van der Waals surface area contributed by atoms with Crippen LogP contribution in [0.3, 0.4) is 0 Å². The second-order valence-corrected chi connectivity index (χ2v) is 10.4. The Bertz CT molecular complexity index is 1340. The van der Waals surface area contributed by atoms with Crippen LogP contribution in [0.5, 0.6) is 0 Å². The van der Waals surface area contributed by atoms with Crippen LogP contribution in [0.25, 0.3) is 11.3 Å². The molecule has 1 unspecified atom stereocenters. The van der Waals surface area contributed by atoms with Gasteiger partial charge in [0.25, 0.3) is 5.91 Å². The first-order chi connectivity index (χ1) is 16.9. The Morgan fingerprint density at radius 3 is 2.54 bits per heavy atom.